The van der Waals surface area contributed by atoms with Crippen LogP contribution in [0.5, 0.6) is 0 Å². The molecule has 18 heavy (non-hydrogen) atoms. The molecule has 1 unspecified atom stereocenters. The number of benzene rings is 1. The van der Waals surface area contributed by atoms with Gasteiger partial charge in [-0.1, -0.05) is 36.7 Å². The number of aliphatic carboxylic acids is 1. The van der Waals surface area contributed by atoms with E-state index in [0.29, 0.717) is 17.1 Å². The number of carboxylic acid groups (broad SMARTS) is 1. The lowest BCUT2D eigenvalue weighted by atomic mass is 9.94. The maximum absolute atomic E-state index is 12.0. The number of carboxylic acids is 1. The van der Waals surface area contributed by atoms with Crippen molar-refractivity contribution in [3.8, 4) is 0 Å². The summed E-state index contributed by atoms with van der Waals surface area (Å²) in [5, 5.41) is 12.0. The lowest BCUT2D eigenvalue weighted by Gasteiger charge is -2.16. The largest absolute Gasteiger partial charge is 0.481 e. The Morgan fingerprint density at radius 2 is 2.06 bits per heavy atom. The van der Waals surface area contributed by atoms with E-state index in [1.54, 1.807) is 24.3 Å². The topological polar surface area (TPSA) is 66.4 Å². The molecule has 5 heteroatoms. The summed E-state index contributed by atoms with van der Waals surface area (Å²) in [5.74, 6) is -2.07. The van der Waals surface area contributed by atoms with Crippen LogP contribution in [0.1, 0.15) is 31.2 Å². The first-order valence-corrected chi connectivity index (χ1v) is 6.18. The van der Waals surface area contributed by atoms with Crippen LogP contribution in [0.2, 0.25) is 5.02 Å². The Labute approximate surface area is 111 Å². The number of hydrogen-bond donors (Lipinski definition) is 2. The van der Waals surface area contributed by atoms with E-state index in [9.17, 15) is 9.59 Å². The van der Waals surface area contributed by atoms with Gasteiger partial charge in [0, 0.05) is 11.6 Å². The van der Waals surface area contributed by atoms with Crippen LogP contribution in [0.4, 0.5) is 0 Å². The van der Waals surface area contributed by atoms with E-state index in [4.69, 9.17) is 16.7 Å². The molecular formula is C13H16ClNO3. The quantitative estimate of drug-likeness (QED) is 0.833. The van der Waals surface area contributed by atoms with E-state index in [0.717, 1.165) is 6.42 Å². The van der Waals surface area contributed by atoms with E-state index in [2.05, 4.69) is 5.32 Å². The Kier molecular flexibility index (Phi) is 5.65. The van der Waals surface area contributed by atoms with Gasteiger partial charge in [0.05, 0.1) is 12.3 Å². The second kappa shape index (κ2) is 7.01. The molecule has 4 nitrogen and oxygen atoms in total. The molecule has 0 aliphatic carbocycles. The van der Waals surface area contributed by atoms with Crippen molar-refractivity contribution in [3.63, 3.8) is 0 Å². The Hall–Kier alpha value is -1.55. The SMILES string of the molecule is CCCNC(=O)C(CC(=O)O)c1ccccc1Cl. The van der Waals surface area contributed by atoms with Crippen LogP contribution in [0.3, 0.4) is 0 Å². The summed E-state index contributed by atoms with van der Waals surface area (Å²) < 4.78 is 0. The Morgan fingerprint density at radius 1 is 1.39 bits per heavy atom. The number of rotatable bonds is 6. The number of amides is 1. The first kappa shape index (κ1) is 14.5. The molecular weight excluding hydrogens is 254 g/mol. The molecule has 1 rings (SSSR count). The van der Waals surface area contributed by atoms with Gasteiger partial charge in [-0.25, -0.2) is 0 Å². The minimum atomic E-state index is -1.02. The van der Waals surface area contributed by atoms with Crippen molar-refractivity contribution >= 4 is 23.5 Å². The molecule has 0 spiro atoms. The van der Waals surface area contributed by atoms with Crippen molar-refractivity contribution < 1.29 is 14.7 Å². The third-order valence-corrected chi connectivity index (χ3v) is 2.87. The minimum Gasteiger partial charge on any atom is -0.481 e. The molecule has 0 aromatic heterocycles. The summed E-state index contributed by atoms with van der Waals surface area (Å²) in [6.45, 7) is 2.46. The molecule has 1 atom stereocenters. The van der Waals surface area contributed by atoms with Crippen LogP contribution in [0, 0.1) is 0 Å². The third-order valence-electron chi connectivity index (χ3n) is 2.53. The van der Waals surface area contributed by atoms with Crippen molar-refractivity contribution in [3.05, 3.63) is 34.9 Å². The summed E-state index contributed by atoms with van der Waals surface area (Å²) in [6, 6.07) is 6.82. The second-order valence-corrected chi connectivity index (χ2v) is 4.37. The normalized spacial score (nSPS) is 11.9. The average Bonchev–Trinajstić information content (AvgIpc) is 2.34. The molecule has 0 aliphatic heterocycles. The molecule has 0 saturated carbocycles. The summed E-state index contributed by atoms with van der Waals surface area (Å²) in [5.41, 5.74) is 0.551. The van der Waals surface area contributed by atoms with Gasteiger partial charge in [0.15, 0.2) is 0 Å². The van der Waals surface area contributed by atoms with Crippen LogP contribution in [-0.2, 0) is 9.59 Å². The number of nitrogens with one attached hydrogen (secondary N) is 1. The Balaban J connectivity index is 2.94. The molecule has 0 radical (unpaired) electrons. The van der Waals surface area contributed by atoms with E-state index in [1.165, 1.54) is 0 Å². The van der Waals surface area contributed by atoms with Crippen LogP contribution >= 0.6 is 11.6 Å². The lowest BCUT2D eigenvalue weighted by molar-refractivity contribution is -0.139. The monoisotopic (exact) mass is 269 g/mol. The predicted molar refractivity (Wildman–Crippen MR) is 69.7 cm³/mol. The molecule has 2 N–H and O–H groups in total. The van der Waals surface area contributed by atoms with Gasteiger partial charge in [-0.3, -0.25) is 9.59 Å². The second-order valence-electron chi connectivity index (χ2n) is 3.96. The third kappa shape index (κ3) is 4.04. The van der Waals surface area contributed by atoms with E-state index >= 15 is 0 Å². The molecule has 0 saturated heterocycles. The number of carbonyl (C=O) groups excluding carboxylic acids is 1. The van der Waals surface area contributed by atoms with Gasteiger partial charge in [-0.05, 0) is 18.1 Å². The van der Waals surface area contributed by atoms with E-state index in [-0.39, 0.29) is 12.3 Å². The maximum atomic E-state index is 12.0. The summed E-state index contributed by atoms with van der Waals surface area (Å²) in [7, 11) is 0. The van der Waals surface area contributed by atoms with Crippen molar-refractivity contribution in [2.75, 3.05) is 6.54 Å². The van der Waals surface area contributed by atoms with Crippen LogP contribution in [0.25, 0.3) is 0 Å². The number of hydrogen-bond acceptors (Lipinski definition) is 2. The molecule has 1 aromatic rings. The molecule has 1 aromatic carbocycles. The maximum Gasteiger partial charge on any atom is 0.304 e. The zero-order chi connectivity index (χ0) is 13.5. The van der Waals surface area contributed by atoms with Crippen molar-refractivity contribution in [1.82, 2.24) is 5.32 Å². The fraction of sp³-hybridized carbons (Fsp3) is 0.385. The van der Waals surface area contributed by atoms with Gasteiger partial charge >= 0.3 is 5.97 Å². The molecule has 0 fully saturated rings. The fourth-order valence-corrected chi connectivity index (χ4v) is 1.92. The van der Waals surface area contributed by atoms with E-state index < -0.39 is 11.9 Å². The molecule has 0 bridgehead atoms. The Morgan fingerprint density at radius 3 is 2.61 bits per heavy atom. The molecule has 0 heterocycles. The predicted octanol–water partition coefficient (Wildman–Crippen LogP) is 2.42. The van der Waals surface area contributed by atoms with Crippen LogP contribution < -0.4 is 5.32 Å². The smallest absolute Gasteiger partial charge is 0.304 e. The van der Waals surface area contributed by atoms with Crippen molar-refractivity contribution in [2.45, 2.75) is 25.7 Å². The number of halogens is 1. The highest BCUT2D eigenvalue weighted by Crippen LogP contribution is 2.27. The molecule has 0 aliphatic rings. The summed E-state index contributed by atoms with van der Waals surface area (Å²) in [6.07, 6.45) is 0.535. The average molecular weight is 270 g/mol. The van der Waals surface area contributed by atoms with E-state index in [1.807, 2.05) is 6.92 Å². The number of carbonyl (C=O) groups is 2. The van der Waals surface area contributed by atoms with Gasteiger partial charge < -0.3 is 10.4 Å². The molecule has 1 amide bonds. The first-order chi connectivity index (χ1) is 8.56. The van der Waals surface area contributed by atoms with Gasteiger partial charge in [0.2, 0.25) is 5.91 Å². The standard InChI is InChI=1S/C13H16ClNO3/c1-2-7-15-13(18)10(8-12(16)17)9-5-3-4-6-11(9)14/h3-6,10H,2,7-8H2,1H3,(H,15,18)(H,16,17). The summed E-state index contributed by atoms with van der Waals surface area (Å²) in [4.78, 5) is 22.8. The van der Waals surface area contributed by atoms with Gasteiger partial charge in [0.25, 0.3) is 0 Å². The summed E-state index contributed by atoms with van der Waals surface area (Å²) >= 11 is 6.01. The minimum absolute atomic E-state index is 0.265. The van der Waals surface area contributed by atoms with Gasteiger partial charge in [-0.15, -0.1) is 0 Å². The zero-order valence-corrected chi connectivity index (χ0v) is 10.9. The van der Waals surface area contributed by atoms with Gasteiger partial charge in [-0.2, -0.15) is 0 Å². The Bertz CT molecular complexity index is 434. The molecule has 98 valence electrons. The van der Waals surface area contributed by atoms with Crippen molar-refractivity contribution in [1.29, 1.82) is 0 Å². The van der Waals surface area contributed by atoms with Gasteiger partial charge in [0.1, 0.15) is 0 Å². The highest BCUT2D eigenvalue weighted by Gasteiger charge is 2.25. The highest BCUT2D eigenvalue weighted by molar-refractivity contribution is 6.31. The van der Waals surface area contributed by atoms with Crippen LogP contribution in [-0.4, -0.2) is 23.5 Å². The fourth-order valence-electron chi connectivity index (χ4n) is 1.65. The van der Waals surface area contributed by atoms with Crippen LogP contribution in [0.15, 0.2) is 24.3 Å². The first-order valence-electron chi connectivity index (χ1n) is 5.80. The zero-order valence-electron chi connectivity index (χ0n) is 10.1. The van der Waals surface area contributed by atoms with Crippen molar-refractivity contribution in [2.24, 2.45) is 0 Å². The highest BCUT2D eigenvalue weighted by atomic mass is 35.5. The lowest BCUT2D eigenvalue weighted by Crippen LogP contribution is -2.31.